The van der Waals surface area contributed by atoms with Crippen LogP contribution < -0.4 is 10.1 Å². The Morgan fingerprint density at radius 1 is 1.10 bits per heavy atom. The van der Waals surface area contributed by atoms with Crippen LogP contribution in [0.4, 0.5) is 17.6 Å². The second-order valence-corrected chi connectivity index (χ2v) is 5.73. The number of benzene rings is 2. The van der Waals surface area contributed by atoms with Gasteiger partial charge in [0, 0.05) is 11.1 Å². The highest BCUT2D eigenvalue weighted by Gasteiger charge is 2.31. The zero-order chi connectivity index (χ0) is 21.0. The van der Waals surface area contributed by atoms with Crippen LogP contribution in [0.5, 0.6) is 5.75 Å². The average molecular weight is 411 g/mol. The van der Waals surface area contributed by atoms with Gasteiger partial charge in [0.2, 0.25) is 11.8 Å². The standard InChI is InChI=1S/C18H13F4N3O4/c19-12-5-1-10(2-6-12)15(27)23-14(9-26)17-25-24-16(28-17)11-3-7-13(8-4-11)29-18(20,21)22/h1-8,14,26H,9H2,(H,23,27). The van der Waals surface area contributed by atoms with E-state index < -0.39 is 36.5 Å². The topological polar surface area (TPSA) is 97.5 Å². The molecule has 2 N–H and O–H groups in total. The highest BCUT2D eigenvalue weighted by atomic mass is 19.4. The molecule has 0 bridgehead atoms. The number of rotatable bonds is 6. The van der Waals surface area contributed by atoms with Crippen molar-refractivity contribution in [3.63, 3.8) is 0 Å². The Kier molecular flexibility index (Phi) is 5.78. The van der Waals surface area contributed by atoms with Crippen molar-refractivity contribution < 1.29 is 36.6 Å². The normalized spacial score (nSPS) is 12.4. The number of nitrogens with one attached hydrogen (secondary N) is 1. The summed E-state index contributed by atoms with van der Waals surface area (Å²) in [5.74, 6) is -1.67. The maximum Gasteiger partial charge on any atom is 0.573 e. The molecule has 11 heteroatoms. The van der Waals surface area contributed by atoms with Crippen LogP contribution in [-0.4, -0.2) is 34.2 Å². The van der Waals surface area contributed by atoms with Gasteiger partial charge in [-0.3, -0.25) is 4.79 Å². The fourth-order valence-corrected chi connectivity index (χ4v) is 2.32. The van der Waals surface area contributed by atoms with E-state index in [1.54, 1.807) is 0 Å². The van der Waals surface area contributed by atoms with Crippen LogP contribution in [0.15, 0.2) is 52.9 Å². The van der Waals surface area contributed by atoms with E-state index in [-0.39, 0.29) is 17.3 Å². The number of nitrogens with zero attached hydrogens (tertiary/aromatic N) is 2. The number of halogens is 4. The van der Waals surface area contributed by atoms with Crippen LogP contribution in [0.1, 0.15) is 22.3 Å². The van der Waals surface area contributed by atoms with Gasteiger partial charge in [0.1, 0.15) is 17.6 Å². The van der Waals surface area contributed by atoms with E-state index >= 15 is 0 Å². The highest BCUT2D eigenvalue weighted by Crippen LogP contribution is 2.26. The molecule has 3 rings (SSSR count). The lowest BCUT2D eigenvalue weighted by molar-refractivity contribution is -0.274. The number of alkyl halides is 3. The Morgan fingerprint density at radius 2 is 1.76 bits per heavy atom. The number of carbonyl (C=O) groups is 1. The molecule has 0 fully saturated rings. The van der Waals surface area contributed by atoms with Crippen molar-refractivity contribution >= 4 is 5.91 Å². The Morgan fingerprint density at radius 3 is 2.34 bits per heavy atom. The van der Waals surface area contributed by atoms with E-state index in [1.165, 1.54) is 24.3 Å². The molecule has 0 aliphatic heterocycles. The summed E-state index contributed by atoms with van der Waals surface area (Å²) in [6.07, 6.45) is -4.81. The first-order valence-electron chi connectivity index (χ1n) is 8.12. The summed E-state index contributed by atoms with van der Waals surface area (Å²) in [5, 5.41) is 19.5. The predicted molar refractivity (Wildman–Crippen MR) is 90.1 cm³/mol. The van der Waals surface area contributed by atoms with Crippen LogP contribution in [0.25, 0.3) is 11.5 Å². The largest absolute Gasteiger partial charge is 0.573 e. The number of hydrogen-bond acceptors (Lipinski definition) is 6. The molecule has 1 aromatic heterocycles. The average Bonchev–Trinajstić information content (AvgIpc) is 3.15. The summed E-state index contributed by atoms with van der Waals surface area (Å²) in [6.45, 7) is -0.563. The zero-order valence-corrected chi connectivity index (χ0v) is 14.5. The van der Waals surface area contributed by atoms with Crippen molar-refractivity contribution in [2.45, 2.75) is 12.4 Å². The van der Waals surface area contributed by atoms with E-state index in [0.29, 0.717) is 5.56 Å². The van der Waals surface area contributed by atoms with Crippen LogP contribution in [-0.2, 0) is 0 Å². The van der Waals surface area contributed by atoms with Crippen molar-refractivity contribution in [2.24, 2.45) is 0 Å². The molecule has 2 aromatic carbocycles. The molecule has 29 heavy (non-hydrogen) atoms. The zero-order valence-electron chi connectivity index (χ0n) is 14.5. The molecule has 0 saturated heterocycles. The first kappa shape index (κ1) is 20.3. The molecule has 0 radical (unpaired) electrons. The van der Waals surface area contributed by atoms with Gasteiger partial charge in [-0.1, -0.05) is 0 Å². The molecule has 7 nitrogen and oxygen atoms in total. The SMILES string of the molecule is O=C(NC(CO)c1nnc(-c2ccc(OC(F)(F)F)cc2)o1)c1ccc(F)cc1. The lowest BCUT2D eigenvalue weighted by Crippen LogP contribution is -2.31. The van der Waals surface area contributed by atoms with E-state index in [0.717, 1.165) is 24.3 Å². The third-order valence-electron chi connectivity index (χ3n) is 3.67. The molecule has 152 valence electrons. The molecule has 3 aromatic rings. The third kappa shape index (κ3) is 5.29. The van der Waals surface area contributed by atoms with E-state index in [9.17, 15) is 27.5 Å². The first-order chi connectivity index (χ1) is 13.7. The minimum atomic E-state index is -4.81. The minimum Gasteiger partial charge on any atom is -0.418 e. The molecule has 1 unspecified atom stereocenters. The number of ether oxygens (including phenoxy) is 1. The quantitative estimate of drug-likeness (QED) is 0.605. The summed E-state index contributed by atoms with van der Waals surface area (Å²) >= 11 is 0. The second-order valence-electron chi connectivity index (χ2n) is 5.73. The van der Waals surface area contributed by atoms with Gasteiger partial charge in [0.25, 0.3) is 5.91 Å². The first-order valence-corrected chi connectivity index (χ1v) is 8.12. The van der Waals surface area contributed by atoms with Crippen LogP contribution >= 0.6 is 0 Å². The minimum absolute atomic E-state index is 0.0342. The summed E-state index contributed by atoms with van der Waals surface area (Å²) in [5.41, 5.74) is 0.463. The molecule has 0 aliphatic rings. The Bertz CT molecular complexity index is 972. The molecular weight excluding hydrogens is 398 g/mol. The smallest absolute Gasteiger partial charge is 0.418 e. The third-order valence-corrected chi connectivity index (χ3v) is 3.67. The number of aliphatic hydroxyl groups excluding tert-OH is 1. The maximum atomic E-state index is 12.9. The van der Waals surface area contributed by atoms with Gasteiger partial charge >= 0.3 is 6.36 Å². The van der Waals surface area contributed by atoms with Gasteiger partial charge in [0.15, 0.2) is 0 Å². The van der Waals surface area contributed by atoms with Gasteiger partial charge in [-0.05, 0) is 48.5 Å². The van der Waals surface area contributed by atoms with Gasteiger partial charge in [0.05, 0.1) is 6.61 Å². The van der Waals surface area contributed by atoms with Crippen LogP contribution in [0.3, 0.4) is 0 Å². The van der Waals surface area contributed by atoms with Crippen molar-refractivity contribution in [1.29, 1.82) is 0 Å². The number of hydrogen-bond donors (Lipinski definition) is 2. The van der Waals surface area contributed by atoms with Gasteiger partial charge in [-0.25, -0.2) is 4.39 Å². The number of aliphatic hydroxyl groups is 1. The summed E-state index contributed by atoms with van der Waals surface area (Å²) in [6, 6.07) is 8.43. The predicted octanol–water partition coefficient (Wildman–Crippen LogP) is 3.24. The maximum absolute atomic E-state index is 12.9. The van der Waals surface area contributed by atoms with E-state index in [4.69, 9.17) is 4.42 Å². The van der Waals surface area contributed by atoms with E-state index in [1.807, 2.05) is 0 Å². The summed E-state index contributed by atoms with van der Waals surface area (Å²) in [4.78, 5) is 12.2. The molecule has 1 atom stereocenters. The fraction of sp³-hybridized carbons (Fsp3) is 0.167. The summed E-state index contributed by atoms with van der Waals surface area (Å²) in [7, 11) is 0. The number of carbonyl (C=O) groups excluding carboxylic acids is 1. The van der Waals surface area contributed by atoms with Crippen molar-refractivity contribution in [1.82, 2.24) is 15.5 Å². The Labute approximate surface area is 160 Å². The molecule has 0 aliphatic carbocycles. The van der Waals surface area contributed by atoms with Crippen molar-refractivity contribution in [2.75, 3.05) is 6.61 Å². The number of aromatic nitrogens is 2. The van der Waals surface area contributed by atoms with Gasteiger partial charge < -0.3 is 19.6 Å². The fourth-order valence-electron chi connectivity index (χ4n) is 2.32. The Hall–Kier alpha value is -3.47. The van der Waals surface area contributed by atoms with E-state index in [2.05, 4.69) is 20.3 Å². The monoisotopic (exact) mass is 411 g/mol. The Balaban J connectivity index is 1.71. The lowest BCUT2D eigenvalue weighted by Gasteiger charge is -2.12. The van der Waals surface area contributed by atoms with Gasteiger partial charge in [-0.2, -0.15) is 0 Å². The van der Waals surface area contributed by atoms with Crippen molar-refractivity contribution in [3.05, 3.63) is 65.8 Å². The van der Waals surface area contributed by atoms with Crippen LogP contribution in [0, 0.1) is 5.82 Å². The molecule has 1 amide bonds. The molecule has 0 spiro atoms. The van der Waals surface area contributed by atoms with Crippen molar-refractivity contribution in [3.8, 4) is 17.2 Å². The highest BCUT2D eigenvalue weighted by molar-refractivity contribution is 5.94. The van der Waals surface area contributed by atoms with Crippen LogP contribution in [0.2, 0.25) is 0 Å². The molecule has 1 heterocycles. The molecule has 0 saturated carbocycles. The van der Waals surface area contributed by atoms with Gasteiger partial charge in [-0.15, -0.1) is 23.4 Å². The second kappa shape index (κ2) is 8.27. The number of amides is 1. The summed E-state index contributed by atoms with van der Waals surface area (Å²) < 4.78 is 58.7. The molecular formula is C18H13F4N3O4. The lowest BCUT2D eigenvalue weighted by atomic mass is 10.2.